The molecule has 0 aromatic rings. The Bertz CT molecular complexity index is 569. The van der Waals surface area contributed by atoms with Gasteiger partial charge in [-0.2, -0.15) is 17.5 Å². The van der Waals surface area contributed by atoms with Crippen molar-refractivity contribution in [2.24, 2.45) is 10.4 Å². The Morgan fingerprint density at radius 2 is 1.70 bits per heavy atom. The van der Waals surface area contributed by atoms with Crippen LogP contribution in [-0.4, -0.2) is 56.9 Å². The van der Waals surface area contributed by atoms with Crippen LogP contribution >= 0.6 is 24.0 Å². The number of guanidine groups is 1. The summed E-state index contributed by atoms with van der Waals surface area (Å²) in [6.45, 7) is 7.06. The van der Waals surface area contributed by atoms with Gasteiger partial charge < -0.3 is 10.6 Å². The van der Waals surface area contributed by atoms with Gasteiger partial charge in [-0.3, -0.25) is 4.99 Å². The maximum atomic E-state index is 12.6. The number of sulfonamides is 1. The number of alkyl halides is 3. The number of halogens is 4. The zero-order valence-corrected chi connectivity index (χ0v) is 19.5. The van der Waals surface area contributed by atoms with E-state index in [1.54, 1.807) is 7.05 Å². The van der Waals surface area contributed by atoms with Crippen molar-refractivity contribution in [3.05, 3.63) is 0 Å². The van der Waals surface area contributed by atoms with Gasteiger partial charge in [0.25, 0.3) is 0 Å². The van der Waals surface area contributed by atoms with Crippen LogP contribution in [0.3, 0.4) is 0 Å². The quantitative estimate of drug-likeness (QED) is 0.240. The van der Waals surface area contributed by atoms with Crippen molar-refractivity contribution >= 4 is 40.0 Å². The number of nitrogens with one attached hydrogen (secondary N) is 2. The smallest absolute Gasteiger partial charge is 0.356 e. The molecule has 0 saturated carbocycles. The fraction of sp³-hybridized carbons (Fsp3) is 0.938. The van der Waals surface area contributed by atoms with E-state index in [4.69, 9.17) is 0 Å². The van der Waals surface area contributed by atoms with Crippen molar-refractivity contribution < 1.29 is 21.6 Å². The number of hydrogen-bond acceptors (Lipinski definition) is 3. The van der Waals surface area contributed by atoms with Crippen molar-refractivity contribution in [1.82, 2.24) is 14.9 Å². The van der Waals surface area contributed by atoms with Gasteiger partial charge in [-0.1, -0.05) is 27.2 Å². The van der Waals surface area contributed by atoms with Crippen LogP contribution in [0.4, 0.5) is 13.2 Å². The summed E-state index contributed by atoms with van der Waals surface area (Å²) in [4.78, 5) is 4.12. The van der Waals surface area contributed by atoms with Crippen molar-refractivity contribution in [2.75, 3.05) is 26.7 Å². The minimum Gasteiger partial charge on any atom is -0.356 e. The van der Waals surface area contributed by atoms with Crippen LogP contribution in [0.2, 0.25) is 0 Å². The first kappa shape index (κ1) is 26.7. The number of unbranched alkanes of at least 4 members (excludes halogenated alkanes) is 1. The van der Waals surface area contributed by atoms with E-state index >= 15 is 0 Å². The summed E-state index contributed by atoms with van der Waals surface area (Å²) in [5, 5.41) is 6.36. The van der Waals surface area contributed by atoms with E-state index in [9.17, 15) is 21.6 Å². The number of nitrogens with zero attached hydrogens (tertiary/aromatic N) is 2. The first-order valence-electron chi connectivity index (χ1n) is 8.90. The lowest BCUT2D eigenvalue weighted by Gasteiger charge is -2.32. The van der Waals surface area contributed by atoms with Crippen LogP contribution < -0.4 is 10.6 Å². The average Bonchev–Trinajstić information content (AvgIpc) is 2.51. The van der Waals surface area contributed by atoms with Gasteiger partial charge in [-0.05, 0) is 31.1 Å². The first-order chi connectivity index (χ1) is 11.9. The predicted molar refractivity (Wildman–Crippen MR) is 113 cm³/mol. The second-order valence-electron chi connectivity index (χ2n) is 7.79. The number of aliphatic imine (C=N–C) groups is 1. The molecule has 27 heavy (non-hydrogen) atoms. The molecule has 1 rings (SSSR count). The van der Waals surface area contributed by atoms with Gasteiger partial charge in [-0.15, -0.1) is 24.0 Å². The summed E-state index contributed by atoms with van der Waals surface area (Å²) in [7, 11) is -3.60. The fourth-order valence-corrected chi connectivity index (χ4v) is 3.75. The molecular weight excluding hydrogens is 496 g/mol. The molecule has 0 aliphatic carbocycles. The molecule has 1 saturated heterocycles. The molecule has 0 aromatic heterocycles. The molecule has 1 aliphatic rings. The Morgan fingerprint density at radius 3 is 2.15 bits per heavy atom. The van der Waals surface area contributed by atoms with Crippen LogP contribution in [0.25, 0.3) is 0 Å². The Labute approximate surface area is 177 Å². The Hall–Kier alpha value is -0.300. The molecule has 2 N–H and O–H groups in total. The van der Waals surface area contributed by atoms with Gasteiger partial charge in [0.15, 0.2) is 5.96 Å². The van der Waals surface area contributed by atoms with Crippen molar-refractivity contribution in [3.63, 3.8) is 0 Å². The molecular formula is C16H32F3IN4O2S. The van der Waals surface area contributed by atoms with Crippen molar-refractivity contribution in [2.45, 2.75) is 64.4 Å². The summed E-state index contributed by atoms with van der Waals surface area (Å²) in [5.74, 6) is 0.595. The molecule has 0 atom stereocenters. The van der Waals surface area contributed by atoms with E-state index in [0.29, 0.717) is 28.5 Å². The maximum Gasteiger partial charge on any atom is 0.511 e. The average molecular weight is 528 g/mol. The monoisotopic (exact) mass is 528 g/mol. The second kappa shape index (κ2) is 11.0. The second-order valence-corrected chi connectivity index (χ2v) is 9.71. The van der Waals surface area contributed by atoms with Crippen LogP contribution in [-0.2, 0) is 10.0 Å². The van der Waals surface area contributed by atoms with Crippen molar-refractivity contribution in [3.8, 4) is 0 Å². The van der Waals surface area contributed by atoms with Crippen LogP contribution in [0.5, 0.6) is 0 Å². The molecule has 11 heteroatoms. The van der Waals surface area contributed by atoms with E-state index in [1.807, 2.05) is 0 Å². The molecule has 0 amide bonds. The van der Waals surface area contributed by atoms with Crippen molar-refractivity contribution in [1.29, 1.82) is 0 Å². The number of rotatable bonds is 6. The van der Waals surface area contributed by atoms with Gasteiger partial charge in [0.2, 0.25) is 0 Å². The van der Waals surface area contributed by atoms with E-state index in [-0.39, 0.29) is 43.1 Å². The molecule has 0 aromatic carbocycles. The highest BCUT2D eigenvalue weighted by atomic mass is 127. The number of piperidine rings is 1. The molecule has 1 aliphatic heterocycles. The SMILES string of the molecule is CN=C(NCCCCC(C)(C)C)NC1CCN(S(=O)(=O)C(F)(F)F)CC1.I. The third-order valence-electron chi connectivity index (χ3n) is 4.30. The summed E-state index contributed by atoms with van der Waals surface area (Å²) in [6, 6.07) is -0.101. The Balaban J connectivity index is 0.00000676. The molecule has 0 unspecified atom stereocenters. The zero-order valence-electron chi connectivity index (χ0n) is 16.4. The Morgan fingerprint density at radius 1 is 1.15 bits per heavy atom. The predicted octanol–water partition coefficient (Wildman–Crippen LogP) is 3.30. The van der Waals surface area contributed by atoms with Gasteiger partial charge in [0.05, 0.1) is 0 Å². The number of hydrogen-bond donors (Lipinski definition) is 2. The standard InChI is InChI=1S/C16H31F3N4O2S.HI/c1-15(2,3)9-5-6-10-21-14(20-4)22-13-7-11-23(12-8-13)26(24,25)16(17,18)19;/h13H,5-12H2,1-4H3,(H2,20,21,22);1H. The molecule has 0 spiro atoms. The van der Waals surface area contributed by atoms with E-state index in [2.05, 4.69) is 36.4 Å². The Kier molecular flexibility index (Phi) is 10.9. The highest BCUT2D eigenvalue weighted by Gasteiger charge is 2.50. The largest absolute Gasteiger partial charge is 0.511 e. The minimum atomic E-state index is -5.24. The zero-order chi connectivity index (χ0) is 20.0. The molecule has 1 heterocycles. The summed E-state index contributed by atoms with van der Waals surface area (Å²) < 4.78 is 61.1. The summed E-state index contributed by atoms with van der Waals surface area (Å²) >= 11 is 0. The fourth-order valence-electron chi connectivity index (χ4n) is 2.76. The summed E-state index contributed by atoms with van der Waals surface area (Å²) in [5.41, 5.74) is -4.93. The molecule has 0 radical (unpaired) electrons. The highest BCUT2D eigenvalue weighted by molar-refractivity contribution is 14.0. The van der Waals surface area contributed by atoms with E-state index < -0.39 is 15.5 Å². The van der Waals surface area contributed by atoms with Gasteiger partial charge in [0.1, 0.15) is 0 Å². The molecule has 162 valence electrons. The molecule has 1 fully saturated rings. The van der Waals surface area contributed by atoms with Gasteiger partial charge in [-0.25, -0.2) is 8.42 Å². The molecule has 6 nitrogen and oxygen atoms in total. The van der Waals surface area contributed by atoms with E-state index in [1.165, 1.54) is 0 Å². The maximum absolute atomic E-state index is 12.6. The van der Waals surface area contributed by atoms with Crippen LogP contribution in [0.15, 0.2) is 4.99 Å². The van der Waals surface area contributed by atoms with Gasteiger partial charge in [0, 0.05) is 32.7 Å². The van der Waals surface area contributed by atoms with Gasteiger partial charge >= 0.3 is 15.5 Å². The van der Waals surface area contributed by atoms with Crippen LogP contribution in [0, 0.1) is 5.41 Å². The lowest BCUT2D eigenvalue weighted by atomic mass is 9.90. The molecule has 0 bridgehead atoms. The van der Waals surface area contributed by atoms with E-state index in [0.717, 1.165) is 25.8 Å². The first-order valence-corrected chi connectivity index (χ1v) is 10.3. The normalized spacial score (nSPS) is 18.1. The highest BCUT2D eigenvalue weighted by Crippen LogP contribution is 2.28. The third kappa shape index (κ3) is 9.16. The summed E-state index contributed by atoms with van der Waals surface area (Å²) in [6.07, 6.45) is 3.84. The third-order valence-corrected chi connectivity index (χ3v) is 5.93. The lowest BCUT2D eigenvalue weighted by molar-refractivity contribution is -0.0494. The van der Waals surface area contributed by atoms with Crippen LogP contribution in [0.1, 0.15) is 52.9 Å². The lowest BCUT2D eigenvalue weighted by Crippen LogP contribution is -2.51. The topological polar surface area (TPSA) is 73.8 Å². The minimum absolute atomic E-state index is 0.